The van der Waals surface area contributed by atoms with E-state index in [1.807, 2.05) is 0 Å². The van der Waals surface area contributed by atoms with Gasteiger partial charge in [-0.3, -0.25) is 4.79 Å². The van der Waals surface area contributed by atoms with E-state index < -0.39 is 11.9 Å². The number of rotatable bonds is 5. The summed E-state index contributed by atoms with van der Waals surface area (Å²) in [4.78, 5) is 24.3. The molecular weight excluding hydrogens is 304 g/mol. The molecule has 2 unspecified atom stereocenters. The lowest BCUT2D eigenvalue weighted by Crippen LogP contribution is -2.60. The van der Waals surface area contributed by atoms with Crippen LogP contribution in [0.2, 0.25) is 0 Å². The molecule has 0 amide bonds. The van der Waals surface area contributed by atoms with Crippen LogP contribution in [0.3, 0.4) is 0 Å². The van der Waals surface area contributed by atoms with Crippen LogP contribution >= 0.6 is 0 Å². The van der Waals surface area contributed by atoms with Gasteiger partial charge in [0.15, 0.2) is 0 Å². The van der Waals surface area contributed by atoms with E-state index in [-0.39, 0.29) is 34.5 Å². The zero-order chi connectivity index (χ0) is 17.8. The second-order valence-corrected chi connectivity index (χ2v) is 9.52. The Bertz CT molecular complexity index is 558. The fraction of sp³-hybridized carbons (Fsp3) is 0.800. The van der Waals surface area contributed by atoms with E-state index in [1.54, 1.807) is 13.8 Å². The summed E-state index contributed by atoms with van der Waals surface area (Å²) < 4.78 is 11.1. The van der Waals surface area contributed by atoms with Gasteiger partial charge in [0.1, 0.15) is 5.60 Å². The van der Waals surface area contributed by atoms with Crippen LogP contribution < -0.4 is 0 Å². The van der Waals surface area contributed by atoms with Crippen molar-refractivity contribution < 1.29 is 19.1 Å². The van der Waals surface area contributed by atoms with E-state index >= 15 is 0 Å². The minimum absolute atomic E-state index is 0.0922. The molecule has 134 valence electrons. The molecule has 0 heterocycles. The van der Waals surface area contributed by atoms with Gasteiger partial charge in [0.05, 0.1) is 12.5 Å². The van der Waals surface area contributed by atoms with Gasteiger partial charge in [-0.1, -0.05) is 20.4 Å². The van der Waals surface area contributed by atoms with Gasteiger partial charge in [-0.2, -0.15) is 0 Å². The molecule has 0 spiro atoms. The van der Waals surface area contributed by atoms with Crippen molar-refractivity contribution in [1.29, 1.82) is 0 Å². The molecule has 24 heavy (non-hydrogen) atoms. The lowest BCUT2D eigenvalue weighted by molar-refractivity contribution is -0.213. The number of hydrogen-bond donors (Lipinski definition) is 0. The van der Waals surface area contributed by atoms with Crippen molar-refractivity contribution >= 4 is 11.9 Å². The Kier molecular flexibility index (Phi) is 4.09. The molecule has 4 rings (SSSR count). The summed E-state index contributed by atoms with van der Waals surface area (Å²) in [5.41, 5.74) is 0.413. The van der Waals surface area contributed by atoms with Crippen LogP contribution in [0.25, 0.3) is 0 Å². The predicted octanol–water partition coefficient (Wildman–Crippen LogP) is 4.18. The van der Waals surface area contributed by atoms with Crippen molar-refractivity contribution in [3.63, 3.8) is 0 Å². The molecule has 4 atom stereocenters. The predicted molar refractivity (Wildman–Crippen MR) is 91.2 cm³/mol. The van der Waals surface area contributed by atoms with E-state index in [1.165, 1.54) is 19.3 Å². The highest BCUT2D eigenvalue weighted by atomic mass is 16.6. The van der Waals surface area contributed by atoms with Gasteiger partial charge in [0.25, 0.3) is 0 Å². The topological polar surface area (TPSA) is 52.6 Å². The minimum Gasteiger partial charge on any atom is -0.463 e. The van der Waals surface area contributed by atoms with Gasteiger partial charge in [0.2, 0.25) is 0 Å². The molecule has 0 aromatic carbocycles. The molecule has 0 aliphatic heterocycles. The minimum atomic E-state index is -0.426. The van der Waals surface area contributed by atoms with Crippen molar-refractivity contribution in [1.82, 2.24) is 0 Å². The average molecular weight is 334 g/mol. The highest BCUT2D eigenvalue weighted by Gasteiger charge is 2.61. The first kappa shape index (κ1) is 17.5. The highest BCUT2D eigenvalue weighted by molar-refractivity contribution is 5.93. The Balaban J connectivity index is 1.66. The molecular formula is C20H30O4. The third-order valence-electron chi connectivity index (χ3n) is 5.90. The summed E-state index contributed by atoms with van der Waals surface area (Å²) in [7, 11) is 0. The summed E-state index contributed by atoms with van der Waals surface area (Å²) in [6.45, 7) is 12.0. The van der Waals surface area contributed by atoms with Crippen LogP contribution in [0, 0.1) is 16.7 Å². The molecule has 4 heteroatoms. The molecule has 4 bridgehead atoms. The zero-order valence-corrected chi connectivity index (χ0v) is 15.4. The largest absolute Gasteiger partial charge is 0.463 e. The maximum atomic E-state index is 12.5. The molecule has 0 N–H and O–H groups in total. The second kappa shape index (κ2) is 5.60. The fourth-order valence-electron chi connectivity index (χ4n) is 6.28. The molecule has 4 saturated carbocycles. The average Bonchev–Trinajstić information content (AvgIpc) is 2.31. The lowest BCUT2D eigenvalue weighted by atomic mass is 9.43. The molecule has 4 nitrogen and oxygen atoms in total. The van der Waals surface area contributed by atoms with Crippen LogP contribution in [0.1, 0.15) is 72.6 Å². The molecule has 4 aliphatic rings. The van der Waals surface area contributed by atoms with Crippen molar-refractivity contribution in [3.05, 3.63) is 12.2 Å². The summed E-state index contributed by atoms with van der Waals surface area (Å²) in [6.07, 6.45) is 6.32. The number of ether oxygens (including phenoxy) is 2. The first-order valence-corrected chi connectivity index (χ1v) is 9.13. The number of hydrogen-bond acceptors (Lipinski definition) is 4. The Labute approximate surface area is 145 Å². The van der Waals surface area contributed by atoms with Gasteiger partial charge in [-0.05, 0) is 69.1 Å². The van der Waals surface area contributed by atoms with Crippen molar-refractivity contribution in [2.45, 2.75) is 84.3 Å². The summed E-state index contributed by atoms with van der Waals surface area (Å²) in [5, 5.41) is 0. The van der Waals surface area contributed by atoms with Gasteiger partial charge < -0.3 is 9.47 Å². The van der Waals surface area contributed by atoms with Crippen molar-refractivity contribution in [3.8, 4) is 0 Å². The molecule has 0 aromatic rings. The lowest BCUT2D eigenvalue weighted by Gasteiger charge is -2.64. The third kappa shape index (κ3) is 3.38. The quantitative estimate of drug-likeness (QED) is 0.559. The SMILES string of the molecule is C=C(CC(=O)OC(C)C)C(=O)OC12CC3C[C@@](C)(C1)C[C@](C)(C3)C2. The van der Waals surface area contributed by atoms with E-state index in [4.69, 9.17) is 9.47 Å². The Hall–Kier alpha value is -1.32. The van der Waals surface area contributed by atoms with Crippen molar-refractivity contribution in [2.24, 2.45) is 16.7 Å². The molecule has 4 aliphatic carbocycles. The second-order valence-electron chi connectivity index (χ2n) is 9.52. The van der Waals surface area contributed by atoms with E-state index in [9.17, 15) is 9.59 Å². The maximum absolute atomic E-state index is 12.5. The normalized spacial score (nSPS) is 39.8. The van der Waals surface area contributed by atoms with Gasteiger partial charge in [-0.15, -0.1) is 0 Å². The van der Waals surface area contributed by atoms with Gasteiger partial charge in [-0.25, -0.2) is 4.79 Å². The number of esters is 2. The smallest absolute Gasteiger partial charge is 0.334 e. The third-order valence-corrected chi connectivity index (χ3v) is 5.90. The van der Waals surface area contributed by atoms with Crippen LogP contribution in [0.15, 0.2) is 12.2 Å². The van der Waals surface area contributed by atoms with E-state index in [2.05, 4.69) is 20.4 Å². The van der Waals surface area contributed by atoms with Crippen LogP contribution in [-0.2, 0) is 19.1 Å². The molecule has 0 aromatic heterocycles. The van der Waals surface area contributed by atoms with Crippen LogP contribution in [-0.4, -0.2) is 23.6 Å². The fourth-order valence-corrected chi connectivity index (χ4v) is 6.28. The van der Waals surface area contributed by atoms with Crippen molar-refractivity contribution in [2.75, 3.05) is 0 Å². The summed E-state index contributed by atoms with van der Waals surface area (Å²) in [5.74, 6) is -0.190. The maximum Gasteiger partial charge on any atom is 0.334 e. The molecule has 0 saturated heterocycles. The van der Waals surface area contributed by atoms with Crippen LogP contribution in [0.4, 0.5) is 0 Å². The summed E-state index contributed by atoms with van der Waals surface area (Å²) in [6, 6.07) is 0. The Morgan fingerprint density at radius 3 is 2.17 bits per heavy atom. The Morgan fingerprint density at radius 1 is 1.08 bits per heavy atom. The van der Waals surface area contributed by atoms with E-state index in [0.29, 0.717) is 5.92 Å². The highest BCUT2D eigenvalue weighted by Crippen LogP contribution is 2.67. The Morgan fingerprint density at radius 2 is 1.67 bits per heavy atom. The number of carbonyl (C=O) groups is 2. The molecule has 4 fully saturated rings. The number of carbonyl (C=O) groups excluding carboxylic acids is 2. The van der Waals surface area contributed by atoms with Gasteiger partial charge in [0, 0.05) is 5.57 Å². The standard InChI is InChI=1S/C20H30O4/c1-13(2)23-16(21)6-14(3)17(22)24-20-9-15-7-18(4,11-20)10-19(5,8-15)12-20/h13,15H,3,6-12H2,1-2,4-5H3/t15?,18-,19+,20?. The van der Waals surface area contributed by atoms with Gasteiger partial charge >= 0.3 is 11.9 Å². The first-order chi connectivity index (χ1) is 11.0. The zero-order valence-electron chi connectivity index (χ0n) is 15.4. The van der Waals surface area contributed by atoms with E-state index in [0.717, 1.165) is 19.3 Å². The first-order valence-electron chi connectivity index (χ1n) is 9.13. The van der Waals surface area contributed by atoms with Crippen LogP contribution in [0.5, 0.6) is 0 Å². The molecule has 0 radical (unpaired) electrons. The monoisotopic (exact) mass is 334 g/mol. The summed E-state index contributed by atoms with van der Waals surface area (Å²) >= 11 is 0.